The van der Waals surface area contributed by atoms with E-state index >= 15 is 0 Å². The van der Waals surface area contributed by atoms with Crippen LogP contribution in [-0.4, -0.2) is 60.4 Å². The highest BCUT2D eigenvalue weighted by molar-refractivity contribution is 5.94. The zero-order valence-corrected chi connectivity index (χ0v) is 15.3. The van der Waals surface area contributed by atoms with Crippen molar-refractivity contribution in [2.75, 3.05) is 32.7 Å². The maximum atomic E-state index is 13.0. The third-order valence-corrected chi connectivity index (χ3v) is 4.72. The monoisotopic (exact) mass is 349 g/mol. The molecule has 0 spiro atoms. The van der Waals surface area contributed by atoms with Crippen LogP contribution < -0.4 is 5.32 Å². The quantitative estimate of drug-likeness (QED) is 0.886. The number of carbonyl (C=O) groups is 2. The lowest BCUT2D eigenvalue weighted by molar-refractivity contribution is -0.123. The summed E-state index contributed by atoms with van der Waals surface area (Å²) in [6, 6.07) is 5.79. The first kappa shape index (κ1) is 19.4. The van der Waals surface area contributed by atoms with Crippen molar-refractivity contribution in [2.45, 2.75) is 33.2 Å². The number of nitrogens with one attached hydrogen (secondary N) is 1. The summed E-state index contributed by atoms with van der Waals surface area (Å²) in [6.45, 7) is 9.20. The molecule has 1 unspecified atom stereocenters. The van der Waals surface area contributed by atoms with Gasteiger partial charge in [-0.15, -0.1) is 0 Å². The van der Waals surface area contributed by atoms with Crippen molar-refractivity contribution in [1.82, 2.24) is 15.1 Å². The molecule has 0 bridgehead atoms. The Bertz CT molecular complexity index is 589. The number of nitrogens with zero attached hydrogens (tertiary/aromatic N) is 2. The first-order valence-corrected chi connectivity index (χ1v) is 8.93. The summed E-state index contributed by atoms with van der Waals surface area (Å²) in [6.07, 6.45) is 0.819. The van der Waals surface area contributed by atoms with Gasteiger partial charge in [-0.25, -0.2) is 4.39 Å². The van der Waals surface area contributed by atoms with Crippen LogP contribution in [0.25, 0.3) is 0 Å². The molecule has 2 rings (SSSR count). The van der Waals surface area contributed by atoms with E-state index in [1.165, 1.54) is 24.3 Å². The van der Waals surface area contributed by atoms with E-state index in [0.29, 0.717) is 37.7 Å². The predicted octanol–water partition coefficient (Wildman–Crippen LogP) is 2.13. The molecular weight excluding hydrogens is 321 g/mol. The Morgan fingerprint density at radius 1 is 1.08 bits per heavy atom. The van der Waals surface area contributed by atoms with Gasteiger partial charge in [0.25, 0.3) is 5.91 Å². The third-order valence-electron chi connectivity index (χ3n) is 4.72. The fourth-order valence-corrected chi connectivity index (χ4v) is 2.78. The molecule has 6 heteroatoms. The van der Waals surface area contributed by atoms with Gasteiger partial charge >= 0.3 is 0 Å². The van der Waals surface area contributed by atoms with E-state index in [0.717, 1.165) is 13.0 Å². The van der Waals surface area contributed by atoms with Gasteiger partial charge in [0.05, 0.1) is 6.54 Å². The summed E-state index contributed by atoms with van der Waals surface area (Å²) in [5.74, 6) is -0.00335. The van der Waals surface area contributed by atoms with E-state index in [1.54, 1.807) is 4.90 Å². The van der Waals surface area contributed by atoms with Gasteiger partial charge in [0, 0.05) is 37.8 Å². The molecule has 1 heterocycles. The molecule has 0 aromatic heterocycles. The van der Waals surface area contributed by atoms with Crippen molar-refractivity contribution < 1.29 is 14.0 Å². The number of amides is 2. The minimum atomic E-state index is -0.347. The van der Waals surface area contributed by atoms with Crippen LogP contribution in [0.4, 0.5) is 4.39 Å². The molecule has 1 aliphatic rings. The van der Waals surface area contributed by atoms with Crippen LogP contribution in [0.5, 0.6) is 0 Å². The van der Waals surface area contributed by atoms with Crippen LogP contribution in [0, 0.1) is 11.7 Å². The number of halogens is 1. The molecule has 5 nitrogen and oxygen atoms in total. The van der Waals surface area contributed by atoms with Gasteiger partial charge in [-0.2, -0.15) is 0 Å². The van der Waals surface area contributed by atoms with E-state index in [4.69, 9.17) is 0 Å². The van der Waals surface area contributed by atoms with Crippen LogP contribution >= 0.6 is 0 Å². The van der Waals surface area contributed by atoms with Crippen molar-refractivity contribution in [3.63, 3.8) is 0 Å². The molecule has 1 aliphatic heterocycles. The van der Waals surface area contributed by atoms with Crippen LogP contribution in [0.2, 0.25) is 0 Å². The molecule has 138 valence electrons. The molecule has 0 radical (unpaired) electrons. The highest BCUT2D eigenvalue weighted by Crippen LogP contribution is 2.10. The maximum Gasteiger partial charge on any atom is 0.253 e. The van der Waals surface area contributed by atoms with Crippen LogP contribution in [0.3, 0.4) is 0 Å². The van der Waals surface area contributed by atoms with Crippen molar-refractivity contribution in [2.24, 2.45) is 5.92 Å². The van der Waals surface area contributed by atoms with E-state index in [2.05, 4.69) is 24.1 Å². The summed E-state index contributed by atoms with van der Waals surface area (Å²) < 4.78 is 13.0. The van der Waals surface area contributed by atoms with E-state index < -0.39 is 0 Å². The van der Waals surface area contributed by atoms with Crippen molar-refractivity contribution in [3.05, 3.63) is 35.6 Å². The largest absolute Gasteiger partial charge is 0.352 e. The van der Waals surface area contributed by atoms with Crippen molar-refractivity contribution in [3.8, 4) is 0 Å². The lowest BCUT2D eigenvalue weighted by atomic mass is 10.1. The Hall–Kier alpha value is -1.95. The highest BCUT2D eigenvalue weighted by Gasteiger charge is 2.22. The molecule has 1 fully saturated rings. The molecule has 0 saturated carbocycles. The second kappa shape index (κ2) is 8.94. The summed E-state index contributed by atoms with van der Waals surface area (Å²) in [5, 5.41) is 3.02. The number of hydrogen-bond donors (Lipinski definition) is 1. The van der Waals surface area contributed by atoms with Gasteiger partial charge in [-0.1, -0.05) is 13.8 Å². The summed E-state index contributed by atoms with van der Waals surface area (Å²) in [5.41, 5.74) is 0.498. The lowest BCUT2D eigenvalue weighted by Crippen LogP contribution is -2.44. The van der Waals surface area contributed by atoms with Gasteiger partial charge in [0.2, 0.25) is 5.91 Å². The van der Waals surface area contributed by atoms with Gasteiger partial charge in [-0.3, -0.25) is 14.5 Å². The Morgan fingerprint density at radius 2 is 1.76 bits per heavy atom. The molecule has 1 aromatic rings. The SMILES string of the molecule is CC(C)C(C)NC(=O)CN1CCCN(C(=O)c2ccc(F)cc2)CC1. The normalized spacial score (nSPS) is 17.2. The second-order valence-electron chi connectivity index (χ2n) is 7.03. The van der Waals surface area contributed by atoms with Gasteiger partial charge < -0.3 is 10.2 Å². The molecule has 0 aliphatic carbocycles. The average Bonchev–Trinajstić information content (AvgIpc) is 2.80. The Balaban J connectivity index is 1.86. The molecule has 1 N–H and O–H groups in total. The van der Waals surface area contributed by atoms with E-state index in [-0.39, 0.29) is 23.7 Å². The number of benzene rings is 1. The number of rotatable bonds is 5. The molecule has 1 saturated heterocycles. The average molecular weight is 349 g/mol. The molecule has 1 atom stereocenters. The standard InChI is InChI=1S/C19H28FN3O2/c1-14(2)15(3)21-18(24)13-22-9-4-10-23(12-11-22)19(25)16-5-7-17(20)8-6-16/h5-8,14-15H,4,9-13H2,1-3H3,(H,21,24). The molecular formula is C19H28FN3O2. The minimum Gasteiger partial charge on any atom is -0.352 e. The second-order valence-corrected chi connectivity index (χ2v) is 7.03. The maximum absolute atomic E-state index is 13.0. The smallest absolute Gasteiger partial charge is 0.253 e. The van der Waals surface area contributed by atoms with Gasteiger partial charge in [-0.05, 0) is 43.5 Å². The first-order valence-electron chi connectivity index (χ1n) is 8.93. The zero-order chi connectivity index (χ0) is 18.4. The molecule has 2 amide bonds. The Kier molecular flexibility index (Phi) is 6.93. The Morgan fingerprint density at radius 3 is 2.40 bits per heavy atom. The zero-order valence-electron chi connectivity index (χ0n) is 15.3. The summed E-state index contributed by atoms with van der Waals surface area (Å²) in [4.78, 5) is 28.5. The van der Waals surface area contributed by atoms with Crippen LogP contribution in [0.1, 0.15) is 37.6 Å². The molecule has 1 aromatic carbocycles. The topological polar surface area (TPSA) is 52.7 Å². The fraction of sp³-hybridized carbons (Fsp3) is 0.579. The van der Waals surface area contributed by atoms with Crippen LogP contribution in [0.15, 0.2) is 24.3 Å². The van der Waals surface area contributed by atoms with E-state index in [1.807, 2.05) is 6.92 Å². The van der Waals surface area contributed by atoms with Gasteiger partial charge in [0.15, 0.2) is 0 Å². The highest BCUT2D eigenvalue weighted by atomic mass is 19.1. The first-order chi connectivity index (χ1) is 11.9. The van der Waals surface area contributed by atoms with Crippen molar-refractivity contribution in [1.29, 1.82) is 0 Å². The van der Waals surface area contributed by atoms with E-state index in [9.17, 15) is 14.0 Å². The lowest BCUT2D eigenvalue weighted by Gasteiger charge is -2.23. The van der Waals surface area contributed by atoms with Crippen molar-refractivity contribution >= 4 is 11.8 Å². The van der Waals surface area contributed by atoms with Gasteiger partial charge in [0.1, 0.15) is 5.82 Å². The number of carbonyl (C=O) groups excluding carboxylic acids is 2. The predicted molar refractivity (Wildman–Crippen MR) is 95.8 cm³/mol. The van der Waals surface area contributed by atoms with Crippen LogP contribution in [-0.2, 0) is 4.79 Å². The summed E-state index contributed by atoms with van der Waals surface area (Å²) >= 11 is 0. The summed E-state index contributed by atoms with van der Waals surface area (Å²) in [7, 11) is 0. The Labute approximate surface area is 149 Å². The minimum absolute atomic E-state index is 0.0273. The third kappa shape index (κ3) is 5.81. The molecule has 25 heavy (non-hydrogen) atoms. The fourth-order valence-electron chi connectivity index (χ4n) is 2.78. The number of hydrogen-bond acceptors (Lipinski definition) is 3.